The molecule has 1 aromatic heterocycles. The summed E-state index contributed by atoms with van der Waals surface area (Å²) in [5.74, 6) is -0.795. The minimum atomic E-state index is -1.12. The third-order valence-electron chi connectivity index (χ3n) is 5.66. The normalized spacial score (nSPS) is 19.9. The average molecular weight is 430 g/mol. The van der Waals surface area contributed by atoms with Crippen molar-refractivity contribution in [1.29, 1.82) is 0 Å². The van der Waals surface area contributed by atoms with Crippen LogP contribution in [-0.2, 0) is 16.1 Å². The lowest BCUT2D eigenvalue weighted by Gasteiger charge is -2.13. The second kappa shape index (κ2) is 7.19. The first kappa shape index (κ1) is 20.0. The first-order chi connectivity index (χ1) is 13.8. The number of halogens is 2. The Bertz CT molecular complexity index is 1100. The summed E-state index contributed by atoms with van der Waals surface area (Å²) in [6, 6.07) is 17.5. The van der Waals surface area contributed by atoms with E-state index in [2.05, 4.69) is 4.57 Å². The van der Waals surface area contributed by atoms with Crippen LogP contribution in [0.1, 0.15) is 30.6 Å². The van der Waals surface area contributed by atoms with Gasteiger partial charge in [-0.1, -0.05) is 48.5 Å². The van der Waals surface area contributed by atoms with E-state index in [0.717, 1.165) is 22.2 Å². The van der Waals surface area contributed by atoms with Crippen molar-refractivity contribution in [3.63, 3.8) is 0 Å². The van der Waals surface area contributed by atoms with Crippen LogP contribution >= 0.6 is 23.2 Å². The number of ketones is 1. The average Bonchev–Trinajstić information content (AvgIpc) is 3.09. The number of hydrogen-bond donors (Lipinski definition) is 0. The quantitative estimate of drug-likeness (QED) is 0.289. The maximum atomic E-state index is 13.2. The molecule has 1 saturated carbocycles. The number of carbonyl (C=O) groups is 2. The first-order valence-corrected chi connectivity index (χ1v) is 10.3. The minimum absolute atomic E-state index is 0.250. The predicted octanol–water partition coefficient (Wildman–Crippen LogP) is 5.64. The molecule has 3 aromatic rings. The summed E-state index contributed by atoms with van der Waals surface area (Å²) in [6.45, 7) is 4.05. The lowest BCUT2D eigenvalue weighted by molar-refractivity contribution is -0.148. The van der Waals surface area contributed by atoms with Crippen molar-refractivity contribution in [2.24, 2.45) is 5.41 Å². The van der Waals surface area contributed by atoms with Crippen LogP contribution in [0, 0.1) is 5.41 Å². The third-order valence-corrected chi connectivity index (χ3v) is 6.76. The monoisotopic (exact) mass is 429 g/mol. The number of Topliss-reactive ketones (excluding diaryl/α,β-unsaturated/α-hetero) is 1. The summed E-state index contributed by atoms with van der Waals surface area (Å²) in [5.41, 5.74) is 2.34. The Morgan fingerprint density at radius 2 is 1.69 bits per heavy atom. The fourth-order valence-corrected chi connectivity index (χ4v) is 4.48. The second-order valence-electron chi connectivity index (χ2n) is 7.56. The molecular weight excluding hydrogens is 409 g/mol. The van der Waals surface area contributed by atoms with Gasteiger partial charge >= 0.3 is 5.97 Å². The topological polar surface area (TPSA) is 48.3 Å². The predicted molar refractivity (Wildman–Crippen MR) is 115 cm³/mol. The molecular formula is C23H21Cl2NO3. The summed E-state index contributed by atoms with van der Waals surface area (Å²) >= 11 is 12.1. The summed E-state index contributed by atoms with van der Waals surface area (Å²) in [5, 5.41) is 0.843. The molecule has 0 saturated heterocycles. The van der Waals surface area contributed by atoms with Crippen LogP contribution in [0.15, 0.2) is 54.6 Å². The lowest BCUT2D eigenvalue weighted by Crippen LogP contribution is -2.24. The number of benzene rings is 2. The highest BCUT2D eigenvalue weighted by Crippen LogP contribution is 2.64. The van der Waals surface area contributed by atoms with E-state index >= 15 is 0 Å². The van der Waals surface area contributed by atoms with Crippen LogP contribution in [-0.4, -0.2) is 27.3 Å². The van der Waals surface area contributed by atoms with E-state index in [4.69, 9.17) is 27.9 Å². The van der Waals surface area contributed by atoms with E-state index in [9.17, 15) is 9.59 Å². The van der Waals surface area contributed by atoms with Crippen molar-refractivity contribution in [3.8, 4) is 11.3 Å². The van der Waals surface area contributed by atoms with Crippen LogP contribution < -0.4 is 0 Å². The van der Waals surface area contributed by atoms with Crippen LogP contribution in [0.5, 0.6) is 0 Å². The van der Waals surface area contributed by atoms with Crippen LogP contribution in [0.4, 0.5) is 0 Å². The number of carbonyl (C=O) groups excluding carboxylic acids is 2. The molecule has 29 heavy (non-hydrogen) atoms. The molecule has 0 aliphatic heterocycles. The molecule has 0 radical (unpaired) electrons. The number of para-hydroxylation sites is 1. The number of aromatic nitrogens is 1. The van der Waals surface area contributed by atoms with Crippen molar-refractivity contribution in [2.45, 2.75) is 31.1 Å². The van der Waals surface area contributed by atoms with Crippen molar-refractivity contribution in [1.82, 2.24) is 4.57 Å². The number of fused-ring (bicyclic) bond motifs is 1. The van der Waals surface area contributed by atoms with E-state index in [-0.39, 0.29) is 12.4 Å². The van der Waals surface area contributed by atoms with E-state index in [0.29, 0.717) is 18.5 Å². The standard InChI is InChI=1S/C23H21Cl2NO3/c1-3-26-17-12-8-7-11-16(17)19(20(26)15-9-5-4-6-10-15)18(27)13-29-21(28)22(2)14-23(22,24)25/h4-12H,3,13-14H2,1-2H3/t22-/m0/s1. The molecule has 4 nitrogen and oxygen atoms in total. The number of rotatable bonds is 6. The van der Waals surface area contributed by atoms with Crippen molar-refractivity contribution in [2.75, 3.05) is 6.61 Å². The van der Waals surface area contributed by atoms with E-state index in [1.54, 1.807) is 6.92 Å². The number of nitrogens with zero attached hydrogens (tertiary/aromatic N) is 1. The molecule has 150 valence electrons. The minimum Gasteiger partial charge on any atom is -0.457 e. The molecule has 1 fully saturated rings. The Hall–Kier alpha value is -2.30. The molecule has 1 aliphatic rings. The smallest absolute Gasteiger partial charge is 0.315 e. The molecule has 2 aromatic carbocycles. The van der Waals surface area contributed by atoms with E-state index in [1.165, 1.54) is 0 Å². The SMILES string of the molecule is CCn1c(-c2ccccc2)c(C(=O)COC(=O)[C@]2(C)CC2(Cl)Cl)c2ccccc21. The molecule has 0 spiro atoms. The highest BCUT2D eigenvalue weighted by Gasteiger charge is 2.69. The van der Waals surface area contributed by atoms with Gasteiger partial charge in [0, 0.05) is 23.9 Å². The number of aryl methyl sites for hydroxylation is 1. The van der Waals surface area contributed by atoms with E-state index < -0.39 is 15.7 Å². The van der Waals surface area contributed by atoms with Gasteiger partial charge in [0.05, 0.1) is 11.3 Å². The number of ether oxygens (including phenoxy) is 1. The Labute approximate surface area is 179 Å². The third kappa shape index (κ3) is 3.24. The first-order valence-electron chi connectivity index (χ1n) is 9.55. The fourth-order valence-electron chi connectivity index (χ4n) is 3.79. The van der Waals surface area contributed by atoms with Gasteiger partial charge in [0.25, 0.3) is 0 Å². The Morgan fingerprint density at radius 1 is 1.07 bits per heavy atom. The van der Waals surface area contributed by atoms with Gasteiger partial charge in [-0.2, -0.15) is 0 Å². The highest BCUT2D eigenvalue weighted by atomic mass is 35.5. The van der Waals surface area contributed by atoms with Crippen molar-refractivity contribution < 1.29 is 14.3 Å². The van der Waals surface area contributed by atoms with Crippen LogP contribution in [0.3, 0.4) is 0 Å². The number of hydrogen-bond acceptors (Lipinski definition) is 3. The number of alkyl halides is 2. The van der Waals surface area contributed by atoms with E-state index in [1.807, 2.05) is 61.5 Å². The molecule has 0 bridgehead atoms. The van der Waals surface area contributed by atoms with Crippen LogP contribution in [0.25, 0.3) is 22.2 Å². The molecule has 0 unspecified atom stereocenters. The molecule has 0 N–H and O–H groups in total. The zero-order valence-electron chi connectivity index (χ0n) is 16.2. The van der Waals surface area contributed by atoms with Crippen molar-refractivity contribution in [3.05, 3.63) is 60.2 Å². The fraction of sp³-hybridized carbons (Fsp3) is 0.304. The largest absolute Gasteiger partial charge is 0.457 e. The zero-order chi connectivity index (χ0) is 20.8. The van der Waals surface area contributed by atoms with Crippen molar-refractivity contribution >= 4 is 45.9 Å². The summed E-state index contributed by atoms with van der Waals surface area (Å²) in [6.07, 6.45) is 0.320. The summed E-state index contributed by atoms with van der Waals surface area (Å²) in [4.78, 5) is 25.6. The Kier molecular flexibility index (Phi) is 4.96. The van der Waals surface area contributed by atoms with Gasteiger partial charge in [0.2, 0.25) is 5.78 Å². The molecule has 4 rings (SSSR count). The van der Waals surface area contributed by atoms with Gasteiger partial charge in [-0.05, 0) is 25.5 Å². The zero-order valence-corrected chi connectivity index (χ0v) is 17.8. The maximum absolute atomic E-state index is 13.2. The molecule has 0 amide bonds. The summed E-state index contributed by atoms with van der Waals surface area (Å²) in [7, 11) is 0. The molecule has 6 heteroatoms. The Balaban J connectivity index is 1.73. The van der Waals surface area contributed by atoms with Gasteiger partial charge in [-0.25, -0.2) is 0 Å². The maximum Gasteiger partial charge on any atom is 0.315 e. The lowest BCUT2D eigenvalue weighted by atomic mass is 10.0. The second-order valence-corrected chi connectivity index (χ2v) is 9.05. The van der Waals surface area contributed by atoms with Gasteiger partial charge in [-0.15, -0.1) is 23.2 Å². The molecule has 1 aliphatic carbocycles. The molecule has 1 atom stereocenters. The van der Waals surface area contributed by atoms with Gasteiger partial charge in [0.1, 0.15) is 9.75 Å². The summed E-state index contributed by atoms with van der Waals surface area (Å²) < 4.78 is 6.33. The van der Waals surface area contributed by atoms with Gasteiger partial charge in [-0.3, -0.25) is 9.59 Å². The Morgan fingerprint density at radius 3 is 2.31 bits per heavy atom. The van der Waals surface area contributed by atoms with Crippen LogP contribution in [0.2, 0.25) is 0 Å². The van der Waals surface area contributed by atoms with Gasteiger partial charge in [0.15, 0.2) is 6.61 Å². The number of esters is 1. The van der Waals surface area contributed by atoms with Gasteiger partial charge < -0.3 is 9.30 Å². The highest BCUT2D eigenvalue weighted by molar-refractivity contribution is 6.53. The molecule has 1 heterocycles.